The maximum Gasteiger partial charge on any atom is 0.199 e. The van der Waals surface area contributed by atoms with E-state index in [1.807, 2.05) is 17.5 Å². The number of hydrogen-bond donors (Lipinski definition) is 0. The second-order valence-electron chi connectivity index (χ2n) is 3.18. The monoisotopic (exact) mass is 250 g/mol. The van der Waals surface area contributed by atoms with E-state index in [1.54, 1.807) is 36.4 Å². The summed E-state index contributed by atoms with van der Waals surface area (Å²) in [5.74, 6) is 0. The van der Waals surface area contributed by atoms with Crippen LogP contribution in [0.2, 0.25) is 0 Å². The Kier molecular flexibility index (Phi) is 3.22. The zero-order chi connectivity index (χ0) is 11.4. The van der Waals surface area contributed by atoms with Crippen molar-refractivity contribution < 1.29 is 8.42 Å². The first-order valence-electron chi connectivity index (χ1n) is 4.70. The van der Waals surface area contributed by atoms with Gasteiger partial charge in [-0.2, -0.15) is 0 Å². The molecule has 2 nitrogen and oxygen atoms in total. The van der Waals surface area contributed by atoms with Crippen molar-refractivity contribution in [3.63, 3.8) is 0 Å². The van der Waals surface area contributed by atoms with Gasteiger partial charge < -0.3 is 0 Å². The fourth-order valence-electron chi connectivity index (χ4n) is 1.23. The van der Waals surface area contributed by atoms with Gasteiger partial charge in [0.1, 0.15) is 0 Å². The molecule has 1 aromatic heterocycles. The highest BCUT2D eigenvalue weighted by molar-refractivity contribution is 7.94. The topological polar surface area (TPSA) is 34.1 Å². The first kappa shape index (κ1) is 11.1. The van der Waals surface area contributed by atoms with Gasteiger partial charge >= 0.3 is 0 Å². The third-order valence-electron chi connectivity index (χ3n) is 2.03. The minimum absolute atomic E-state index is 0.322. The van der Waals surface area contributed by atoms with Crippen LogP contribution in [-0.2, 0) is 9.84 Å². The van der Waals surface area contributed by atoms with Crippen LogP contribution in [-0.4, -0.2) is 8.42 Å². The Morgan fingerprint density at radius 1 is 1.00 bits per heavy atom. The Morgan fingerprint density at radius 3 is 2.38 bits per heavy atom. The fraction of sp³-hybridized carbons (Fsp3) is 0. The highest BCUT2D eigenvalue weighted by Gasteiger charge is 2.08. The van der Waals surface area contributed by atoms with Crippen LogP contribution < -0.4 is 0 Å². The van der Waals surface area contributed by atoms with Crippen LogP contribution in [0.3, 0.4) is 0 Å². The minimum Gasteiger partial charge on any atom is -0.219 e. The second kappa shape index (κ2) is 4.63. The summed E-state index contributed by atoms with van der Waals surface area (Å²) in [6.45, 7) is 0. The van der Waals surface area contributed by atoms with Crippen molar-refractivity contribution in [2.45, 2.75) is 4.90 Å². The lowest BCUT2D eigenvalue weighted by atomic mass is 10.4. The van der Waals surface area contributed by atoms with E-state index in [0.717, 1.165) is 4.88 Å². The van der Waals surface area contributed by atoms with Gasteiger partial charge in [0.25, 0.3) is 0 Å². The molecule has 0 bridgehead atoms. The quantitative estimate of drug-likeness (QED) is 0.838. The molecule has 0 N–H and O–H groups in total. The summed E-state index contributed by atoms with van der Waals surface area (Å²) in [7, 11) is -3.31. The molecular weight excluding hydrogens is 240 g/mol. The Labute approximate surface area is 98.8 Å². The molecule has 82 valence electrons. The van der Waals surface area contributed by atoms with E-state index < -0.39 is 9.84 Å². The molecule has 0 aliphatic rings. The molecule has 0 aliphatic carbocycles. The molecule has 0 radical (unpaired) electrons. The molecule has 2 aromatic rings. The summed E-state index contributed by atoms with van der Waals surface area (Å²) >= 11 is 1.51. The maximum atomic E-state index is 11.8. The zero-order valence-electron chi connectivity index (χ0n) is 8.41. The first-order chi connectivity index (χ1) is 7.68. The van der Waals surface area contributed by atoms with Gasteiger partial charge in [-0.3, -0.25) is 0 Å². The molecule has 4 heteroatoms. The lowest BCUT2D eigenvalue weighted by Gasteiger charge is -1.96. The van der Waals surface area contributed by atoms with Crippen molar-refractivity contribution in [1.82, 2.24) is 0 Å². The third kappa shape index (κ3) is 2.59. The number of benzene rings is 1. The minimum atomic E-state index is -3.31. The highest BCUT2D eigenvalue weighted by Crippen LogP contribution is 2.15. The van der Waals surface area contributed by atoms with Gasteiger partial charge in [-0.05, 0) is 29.7 Å². The smallest absolute Gasteiger partial charge is 0.199 e. The standard InChI is InChI=1S/C12H10O2S2/c13-16(14,12-6-2-1-3-7-12)10-8-11-5-4-9-15-11/h1-10H/b10-8-. The van der Waals surface area contributed by atoms with Gasteiger partial charge in [-0.1, -0.05) is 24.3 Å². The van der Waals surface area contributed by atoms with Crippen molar-refractivity contribution >= 4 is 27.3 Å². The molecule has 0 aliphatic heterocycles. The van der Waals surface area contributed by atoms with Crippen molar-refractivity contribution in [2.75, 3.05) is 0 Å². The maximum absolute atomic E-state index is 11.8. The summed E-state index contributed by atoms with van der Waals surface area (Å²) in [5, 5.41) is 3.16. The fourth-order valence-corrected chi connectivity index (χ4v) is 2.96. The Hall–Kier alpha value is -1.39. The predicted octanol–water partition coefficient (Wildman–Crippen LogP) is 3.19. The summed E-state index contributed by atoms with van der Waals surface area (Å²) in [5.41, 5.74) is 0. The molecule has 0 atom stereocenters. The predicted molar refractivity (Wildman–Crippen MR) is 67.0 cm³/mol. The number of sulfone groups is 1. The van der Waals surface area contributed by atoms with Crippen LogP contribution >= 0.6 is 11.3 Å². The van der Waals surface area contributed by atoms with E-state index in [0.29, 0.717) is 4.90 Å². The zero-order valence-corrected chi connectivity index (χ0v) is 10.0. The Balaban J connectivity index is 2.28. The SMILES string of the molecule is O=S(=O)(/C=C\c1cccs1)c1ccccc1. The summed E-state index contributed by atoms with van der Waals surface area (Å²) < 4.78 is 23.7. The lowest BCUT2D eigenvalue weighted by molar-refractivity contribution is 0.605. The van der Waals surface area contributed by atoms with Crippen LogP contribution in [0.15, 0.2) is 58.1 Å². The first-order valence-corrected chi connectivity index (χ1v) is 7.13. The normalized spacial score (nSPS) is 12.0. The molecule has 2 rings (SSSR count). The molecule has 0 unspecified atom stereocenters. The molecule has 0 amide bonds. The van der Waals surface area contributed by atoms with E-state index in [4.69, 9.17) is 0 Å². The van der Waals surface area contributed by atoms with Gasteiger partial charge in [-0.25, -0.2) is 8.42 Å². The largest absolute Gasteiger partial charge is 0.219 e. The average Bonchev–Trinajstić information content (AvgIpc) is 2.81. The van der Waals surface area contributed by atoms with Gasteiger partial charge in [0.2, 0.25) is 0 Å². The number of hydrogen-bond acceptors (Lipinski definition) is 3. The molecule has 16 heavy (non-hydrogen) atoms. The Morgan fingerprint density at radius 2 is 1.75 bits per heavy atom. The highest BCUT2D eigenvalue weighted by atomic mass is 32.2. The van der Waals surface area contributed by atoms with Gasteiger partial charge in [0.05, 0.1) is 4.90 Å². The van der Waals surface area contributed by atoms with Crippen LogP contribution in [0.25, 0.3) is 6.08 Å². The summed E-state index contributed by atoms with van der Waals surface area (Å²) in [6, 6.07) is 12.2. The number of rotatable bonds is 3. The van der Waals surface area contributed by atoms with Gasteiger partial charge in [0.15, 0.2) is 9.84 Å². The van der Waals surface area contributed by atoms with Crippen molar-refractivity contribution in [1.29, 1.82) is 0 Å². The molecule has 0 saturated heterocycles. The Bertz CT molecular complexity index is 567. The van der Waals surface area contributed by atoms with E-state index in [-0.39, 0.29) is 0 Å². The van der Waals surface area contributed by atoms with Crippen LogP contribution in [0, 0.1) is 0 Å². The molecule has 1 heterocycles. The second-order valence-corrected chi connectivity index (χ2v) is 5.99. The van der Waals surface area contributed by atoms with Crippen LogP contribution in [0.1, 0.15) is 4.88 Å². The van der Waals surface area contributed by atoms with E-state index in [1.165, 1.54) is 16.7 Å². The van der Waals surface area contributed by atoms with Crippen LogP contribution in [0.5, 0.6) is 0 Å². The molecule has 0 spiro atoms. The molecule has 0 fully saturated rings. The van der Waals surface area contributed by atoms with Crippen molar-refractivity contribution in [2.24, 2.45) is 0 Å². The van der Waals surface area contributed by atoms with Crippen molar-refractivity contribution in [3.8, 4) is 0 Å². The summed E-state index contributed by atoms with van der Waals surface area (Å²) in [4.78, 5) is 1.25. The lowest BCUT2D eigenvalue weighted by Crippen LogP contribution is -1.94. The van der Waals surface area contributed by atoms with Crippen molar-refractivity contribution in [3.05, 3.63) is 58.1 Å². The van der Waals surface area contributed by atoms with Gasteiger partial charge in [-0.15, -0.1) is 11.3 Å². The van der Waals surface area contributed by atoms with E-state index in [9.17, 15) is 8.42 Å². The van der Waals surface area contributed by atoms with E-state index >= 15 is 0 Å². The average molecular weight is 250 g/mol. The van der Waals surface area contributed by atoms with E-state index in [2.05, 4.69) is 0 Å². The molecule has 0 saturated carbocycles. The summed E-state index contributed by atoms with van der Waals surface area (Å²) in [6.07, 6.45) is 1.62. The molecule has 1 aromatic carbocycles. The van der Waals surface area contributed by atoms with Gasteiger partial charge in [0, 0.05) is 10.3 Å². The van der Waals surface area contributed by atoms with Crippen LogP contribution in [0.4, 0.5) is 0 Å². The number of thiophene rings is 1. The third-order valence-corrected chi connectivity index (χ3v) is 4.29. The molecular formula is C12H10O2S2.